The lowest BCUT2D eigenvalue weighted by molar-refractivity contribution is 0.255. The highest BCUT2D eigenvalue weighted by Gasteiger charge is 2.35. The molecule has 0 spiro atoms. The van der Waals surface area contributed by atoms with Crippen LogP contribution >= 0.6 is 0 Å². The Labute approximate surface area is 168 Å². The van der Waals surface area contributed by atoms with E-state index in [9.17, 15) is 8.42 Å². The molecule has 2 aliphatic heterocycles. The first-order valence-electron chi connectivity index (χ1n) is 10.3. The van der Waals surface area contributed by atoms with Crippen LogP contribution in [0.5, 0.6) is 0 Å². The number of hydrogen-bond donors (Lipinski definition) is 0. The zero-order valence-corrected chi connectivity index (χ0v) is 17.6. The first-order valence-corrected chi connectivity index (χ1v) is 11.7. The van der Waals surface area contributed by atoms with E-state index in [1.165, 1.54) is 12.8 Å². The van der Waals surface area contributed by atoms with Crippen molar-refractivity contribution in [3.63, 3.8) is 0 Å². The standard InChI is InChI=1S/C22H29N3O2S/c1-17-8-10-19(11-9-17)28(26,27)25-16-4-3-7-21(25)20-12-13-22(23-18(20)2)24-14-5-6-15-24/h8-13,21H,3-7,14-16H2,1-2H3/t21-/m0/s1. The highest BCUT2D eigenvalue weighted by molar-refractivity contribution is 7.89. The molecule has 3 heterocycles. The zero-order valence-electron chi connectivity index (χ0n) is 16.8. The van der Waals surface area contributed by atoms with E-state index >= 15 is 0 Å². The van der Waals surface area contributed by atoms with Gasteiger partial charge in [-0.25, -0.2) is 13.4 Å². The van der Waals surface area contributed by atoms with Crippen LogP contribution in [0.25, 0.3) is 0 Å². The van der Waals surface area contributed by atoms with Crippen LogP contribution in [0.2, 0.25) is 0 Å². The quantitative estimate of drug-likeness (QED) is 0.773. The van der Waals surface area contributed by atoms with Crippen molar-refractivity contribution in [2.45, 2.75) is 56.9 Å². The van der Waals surface area contributed by atoms with Crippen LogP contribution in [-0.2, 0) is 10.0 Å². The normalized spacial score (nSPS) is 21.2. The molecule has 28 heavy (non-hydrogen) atoms. The molecule has 150 valence electrons. The first-order chi connectivity index (χ1) is 13.5. The Hall–Kier alpha value is -1.92. The van der Waals surface area contributed by atoms with Crippen molar-refractivity contribution in [2.75, 3.05) is 24.5 Å². The fourth-order valence-corrected chi connectivity index (χ4v) is 6.06. The number of aromatic nitrogens is 1. The van der Waals surface area contributed by atoms with Crippen LogP contribution in [0.4, 0.5) is 5.82 Å². The van der Waals surface area contributed by atoms with Gasteiger partial charge in [-0.2, -0.15) is 4.31 Å². The van der Waals surface area contributed by atoms with Crippen LogP contribution < -0.4 is 4.90 Å². The SMILES string of the molecule is Cc1ccc(S(=O)(=O)N2CCCC[C@H]2c2ccc(N3CCCC3)nc2C)cc1. The van der Waals surface area contributed by atoms with E-state index in [-0.39, 0.29) is 6.04 Å². The summed E-state index contributed by atoms with van der Waals surface area (Å²) in [7, 11) is -3.52. The van der Waals surface area contributed by atoms with E-state index in [1.54, 1.807) is 16.4 Å². The van der Waals surface area contributed by atoms with Gasteiger partial charge in [-0.3, -0.25) is 0 Å². The highest BCUT2D eigenvalue weighted by atomic mass is 32.2. The Kier molecular flexibility index (Phi) is 5.43. The predicted octanol–water partition coefficient (Wildman–Crippen LogP) is 4.21. The summed E-state index contributed by atoms with van der Waals surface area (Å²) in [6, 6.07) is 11.2. The molecule has 0 bridgehead atoms. The minimum absolute atomic E-state index is 0.139. The van der Waals surface area contributed by atoms with Crippen molar-refractivity contribution in [3.05, 3.63) is 53.2 Å². The van der Waals surface area contributed by atoms with E-state index in [0.717, 1.165) is 55.0 Å². The van der Waals surface area contributed by atoms with Crippen molar-refractivity contribution < 1.29 is 8.42 Å². The topological polar surface area (TPSA) is 53.5 Å². The predicted molar refractivity (Wildman–Crippen MR) is 112 cm³/mol. The van der Waals surface area contributed by atoms with Crippen molar-refractivity contribution in [2.24, 2.45) is 0 Å². The maximum atomic E-state index is 13.4. The molecule has 1 aromatic carbocycles. The summed E-state index contributed by atoms with van der Waals surface area (Å²) >= 11 is 0. The van der Waals surface area contributed by atoms with Crippen molar-refractivity contribution >= 4 is 15.8 Å². The summed E-state index contributed by atoms with van der Waals surface area (Å²) in [5.41, 5.74) is 3.05. The molecule has 0 unspecified atom stereocenters. The van der Waals surface area contributed by atoms with Crippen LogP contribution in [-0.4, -0.2) is 37.3 Å². The number of benzene rings is 1. The highest BCUT2D eigenvalue weighted by Crippen LogP contribution is 2.37. The Morgan fingerprint density at radius 2 is 1.57 bits per heavy atom. The summed E-state index contributed by atoms with van der Waals surface area (Å²) in [5, 5.41) is 0. The average Bonchev–Trinajstić information content (AvgIpc) is 3.23. The number of piperidine rings is 1. The minimum Gasteiger partial charge on any atom is -0.357 e. The van der Waals surface area contributed by atoms with E-state index in [4.69, 9.17) is 4.98 Å². The molecule has 0 radical (unpaired) electrons. The molecule has 2 aromatic rings. The van der Waals surface area contributed by atoms with Crippen molar-refractivity contribution in [3.8, 4) is 0 Å². The van der Waals surface area contributed by atoms with Gasteiger partial charge in [-0.05, 0) is 63.3 Å². The van der Waals surface area contributed by atoms with E-state index < -0.39 is 10.0 Å². The van der Waals surface area contributed by atoms with Crippen LogP contribution in [0.15, 0.2) is 41.3 Å². The lowest BCUT2D eigenvalue weighted by Crippen LogP contribution is -2.38. The molecular weight excluding hydrogens is 370 g/mol. The Bertz CT molecular complexity index is 935. The summed E-state index contributed by atoms with van der Waals surface area (Å²) in [4.78, 5) is 7.53. The van der Waals surface area contributed by atoms with Gasteiger partial charge in [0.1, 0.15) is 5.82 Å². The molecular formula is C22H29N3O2S. The van der Waals surface area contributed by atoms with Crippen molar-refractivity contribution in [1.29, 1.82) is 0 Å². The monoisotopic (exact) mass is 399 g/mol. The largest absolute Gasteiger partial charge is 0.357 e. The summed E-state index contributed by atoms with van der Waals surface area (Å²) in [6.07, 6.45) is 5.22. The number of aryl methyl sites for hydroxylation is 2. The zero-order chi connectivity index (χ0) is 19.7. The molecule has 2 aliphatic rings. The molecule has 1 aromatic heterocycles. The third-order valence-corrected chi connectivity index (χ3v) is 7.90. The smallest absolute Gasteiger partial charge is 0.243 e. The second-order valence-corrected chi connectivity index (χ2v) is 9.87. The Morgan fingerprint density at radius 3 is 2.25 bits per heavy atom. The lowest BCUT2D eigenvalue weighted by Gasteiger charge is -2.35. The molecule has 1 atom stereocenters. The molecule has 0 N–H and O–H groups in total. The van der Waals surface area contributed by atoms with Gasteiger partial charge in [0.2, 0.25) is 10.0 Å². The Balaban J connectivity index is 1.66. The van der Waals surface area contributed by atoms with Gasteiger partial charge in [0, 0.05) is 25.3 Å². The molecule has 6 heteroatoms. The third-order valence-electron chi connectivity index (χ3n) is 5.98. The third kappa shape index (κ3) is 3.67. The molecule has 2 fully saturated rings. The number of pyridine rings is 1. The van der Waals surface area contributed by atoms with Gasteiger partial charge >= 0.3 is 0 Å². The number of rotatable bonds is 4. The maximum Gasteiger partial charge on any atom is 0.243 e. The summed E-state index contributed by atoms with van der Waals surface area (Å²) in [5.74, 6) is 1.02. The van der Waals surface area contributed by atoms with E-state index in [2.05, 4.69) is 17.0 Å². The molecule has 5 nitrogen and oxygen atoms in total. The second kappa shape index (κ2) is 7.84. The summed E-state index contributed by atoms with van der Waals surface area (Å²) < 4.78 is 28.4. The minimum atomic E-state index is -3.52. The number of sulfonamides is 1. The summed E-state index contributed by atoms with van der Waals surface area (Å²) in [6.45, 7) is 6.66. The van der Waals surface area contributed by atoms with Crippen LogP contribution in [0, 0.1) is 13.8 Å². The Morgan fingerprint density at radius 1 is 0.893 bits per heavy atom. The molecule has 0 saturated carbocycles. The second-order valence-electron chi connectivity index (χ2n) is 7.98. The van der Waals surface area contributed by atoms with Gasteiger partial charge < -0.3 is 4.90 Å². The van der Waals surface area contributed by atoms with Gasteiger partial charge in [0.15, 0.2) is 0 Å². The van der Waals surface area contributed by atoms with Gasteiger partial charge in [0.25, 0.3) is 0 Å². The lowest BCUT2D eigenvalue weighted by atomic mass is 9.96. The van der Waals surface area contributed by atoms with Crippen LogP contribution in [0.3, 0.4) is 0 Å². The maximum absolute atomic E-state index is 13.4. The van der Waals surface area contributed by atoms with Gasteiger partial charge in [0.05, 0.1) is 10.9 Å². The van der Waals surface area contributed by atoms with Gasteiger partial charge in [-0.15, -0.1) is 0 Å². The van der Waals surface area contributed by atoms with Crippen molar-refractivity contribution in [1.82, 2.24) is 9.29 Å². The first kappa shape index (κ1) is 19.4. The van der Waals surface area contributed by atoms with E-state index in [1.807, 2.05) is 26.0 Å². The fourth-order valence-electron chi connectivity index (χ4n) is 4.38. The number of hydrogen-bond acceptors (Lipinski definition) is 4. The number of nitrogens with zero attached hydrogens (tertiary/aromatic N) is 3. The average molecular weight is 400 g/mol. The molecule has 0 aliphatic carbocycles. The molecule has 0 amide bonds. The van der Waals surface area contributed by atoms with Gasteiger partial charge in [-0.1, -0.05) is 30.2 Å². The number of anilines is 1. The van der Waals surface area contributed by atoms with Crippen LogP contribution in [0.1, 0.15) is 55.0 Å². The fraction of sp³-hybridized carbons (Fsp3) is 0.500. The van der Waals surface area contributed by atoms with E-state index in [0.29, 0.717) is 11.4 Å². The molecule has 2 saturated heterocycles. The molecule has 4 rings (SSSR count).